The average Bonchev–Trinajstić information content (AvgIpc) is 2.20. The molecule has 1 aromatic carbocycles. The molecule has 0 unspecified atom stereocenters. The molecule has 0 spiro atoms. The van der Waals surface area contributed by atoms with Gasteiger partial charge in [-0.3, -0.25) is 0 Å². The Balaban J connectivity index is 2.92. The highest BCUT2D eigenvalue weighted by Crippen LogP contribution is 2.30. The second kappa shape index (κ2) is 5.32. The number of halogens is 2. The third kappa shape index (κ3) is 2.45. The molecule has 1 N–H and O–H groups in total. The molecule has 4 heteroatoms. The summed E-state index contributed by atoms with van der Waals surface area (Å²) in [5.41, 5.74) is 0.590. The predicted octanol–water partition coefficient (Wildman–Crippen LogP) is 2.52. The van der Waals surface area contributed by atoms with E-state index in [2.05, 4.69) is 15.9 Å². The Kier molecular flexibility index (Phi) is 4.35. The first kappa shape index (κ1) is 11.5. The molecule has 0 saturated carbocycles. The minimum absolute atomic E-state index is 0.0725. The zero-order chi connectivity index (χ0) is 10.6. The highest BCUT2D eigenvalue weighted by molar-refractivity contribution is 9.10. The second-order valence-corrected chi connectivity index (χ2v) is 3.68. The van der Waals surface area contributed by atoms with Crippen molar-refractivity contribution in [2.24, 2.45) is 0 Å². The van der Waals surface area contributed by atoms with Crippen LogP contribution in [0.5, 0.6) is 5.75 Å². The van der Waals surface area contributed by atoms with E-state index < -0.39 is 0 Å². The van der Waals surface area contributed by atoms with E-state index in [1.54, 1.807) is 12.1 Å². The molecule has 0 bridgehead atoms. The standard InChI is InChI=1S/C10H12BrFO2/c1-14-8-5-4-7(3-2-6-13)10(12)9(8)11/h4-5,13H,2-3,6H2,1H3. The van der Waals surface area contributed by atoms with Gasteiger partial charge in [-0.15, -0.1) is 0 Å². The first-order chi connectivity index (χ1) is 6.70. The van der Waals surface area contributed by atoms with Crippen LogP contribution in [0, 0.1) is 5.82 Å². The van der Waals surface area contributed by atoms with Gasteiger partial charge in [-0.2, -0.15) is 0 Å². The molecule has 0 saturated heterocycles. The van der Waals surface area contributed by atoms with E-state index in [0.717, 1.165) is 0 Å². The van der Waals surface area contributed by atoms with Crippen molar-refractivity contribution in [2.45, 2.75) is 12.8 Å². The number of rotatable bonds is 4. The van der Waals surface area contributed by atoms with Crippen molar-refractivity contribution in [2.75, 3.05) is 13.7 Å². The molecule has 0 aliphatic heterocycles. The summed E-state index contributed by atoms with van der Waals surface area (Å²) in [6, 6.07) is 3.38. The second-order valence-electron chi connectivity index (χ2n) is 2.88. The molecular formula is C10H12BrFO2. The molecule has 1 aromatic rings. The molecule has 0 amide bonds. The lowest BCUT2D eigenvalue weighted by Gasteiger charge is -2.07. The number of ether oxygens (including phenoxy) is 1. The summed E-state index contributed by atoms with van der Waals surface area (Å²) < 4.78 is 18.9. The Morgan fingerprint density at radius 3 is 2.79 bits per heavy atom. The van der Waals surface area contributed by atoms with Gasteiger partial charge in [0.25, 0.3) is 0 Å². The molecule has 2 nitrogen and oxygen atoms in total. The van der Waals surface area contributed by atoms with Gasteiger partial charge in [-0.25, -0.2) is 4.39 Å². The van der Waals surface area contributed by atoms with Gasteiger partial charge in [-0.1, -0.05) is 6.07 Å². The molecule has 0 radical (unpaired) electrons. The first-order valence-corrected chi connectivity index (χ1v) is 5.11. The lowest BCUT2D eigenvalue weighted by Crippen LogP contribution is -1.96. The SMILES string of the molecule is COc1ccc(CCCO)c(F)c1Br. The number of hydrogen-bond acceptors (Lipinski definition) is 2. The fourth-order valence-corrected chi connectivity index (χ4v) is 1.74. The van der Waals surface area contributed by atoms with Crippen LogP contribution in [0.15, 0.2) is 16.6 Å². The number of aliphatic hydroxyl groups excluding tert-OH is 1. The Morgan fingerprint density at radius 2 is 2.21 bits per heavy atom. The van der Waals surface area contributed by atoms with E-state index in [0.29, 0.717) is 28.6 Å². The maximum absolute atomic E-state index is 13.6. The minimum atomic E-state index is -0.308. The van der Waals surface area contributed by atoms with Gasteiger partial charge in [0.15, 0.2) is 0 Å². The van der Waals surface area contributed by atoms with E-state index in [1.165, 1.54) is 7.11 Å². The number of hydrogen-bond donors (Lipinski definition) is 1. The van der Waals surface area contributed by atoms with Crippen LogP contribution in [0.1, 0.15) is 12.0 Å². The summed E-state index contributed by atoms with van der Waals surface area (Å²) in [6.07, 6.45) is 1.10. The highest BCUT2D eigenvalue weighted by atomic mass is 79.9. The molecule has 1 rings (SSSR count). The molecule has 0 heterocycles. The number of benzene rings is 1. The quantitative estimate of drug-likeness (QED) is 0.904. The fraction of sp³-hybridized carbons (Fsp3) is 0.400. The van der Waals surface area contributed by atoms with E-state index in [1.807, 2.05) is 0 Å². The third-order valence-electron chi connectivity index (χ3n) is 1.95. The summed E-state index contributed by atoms with van der Waals surface area (Å²) in [7, 11) is 1.49. The van der Waals surface area contributed by atoms with Gasteiger partial charge in [-0.05, 0) is 40.4 Å². The average molecular weight is 263 g/mol. The van der Waals surface area contributed by atoms with Crippen molar-refractivity contribution in [1.82, 2.24) is 0 Å². The summed E-state index contributed by atoms with van der Waals surface area (Å²) in [5.74, 6) is 0.174. The number of aryl methyl sites for hydroxylation is 1. The van der Waals surface area contributed by atoms with Gasteiger partial charge < -0.3 is 9.84 Å². The smallest absolute Gasteiger partial charge is 0.144 e. The molecule has 0 aliphatic rings. The lowest BCUT2D eigenvalue weighted by atomic mass is 10.1. The third-order valence-corrected chi connectivity index (χ3v) is 2.69. The zero-order valence-corrected chi connectivity index (χ0v) is 9.47. The van der Waals surface area contributed by atoms with Gasteiger partial charge in [0, 0.05) is 6.61 Å². The van der Waals surface area contributed by atoms with Gasteiger partial charge in [0.1, 0.15) is 11.6 Å². The lowest BCUT2D eigenvalue weighted by molar-refractivity contribution is 0.288. The minimum Gasteiger partial charge on any atom is -0.495 e. The van der Waals surface area contributed by atoms with Crippen molar-refractivity contribution >= 4 is 15.9 Å². The fourth-order valence-electron chi connectivity index (χ4n) is 1.19. The van der Waals surface area contributed by atoms with Crippen LogP contribution in [0.25, 0.3) is 0 Å². The summed E-state index contributed by atoms with van der Waals surface area (Å²) >= 11 is 3.12. The van der Waals surface area contributed by atoms with E-state index in [4.69, 9.17) is 9.84 Å². The van der Waals surface area contributed by atoms with Crippen LogP contribution in [-0.2, 0) is 6.42 Å². The largest absolute Gasteiger partial charge is 0.495 e. The maximum Gasteiger partial charge on any atom is 0.144 e. The maximum atomic E-state index is 13.6. The molecule has 0 fully saturated rings. The van der Waals surface area contributed by atoms with Gasteiger partial charge >= 0.3 is 0 Å². The molecular weight excluding hydrogens is 251 g/mol. The van der Waals surface area contributed by atoms with Crippen LogP contribution in [0.3, 0.4) is 0 Å². The van der Waals surface area contributed by atoms with Gasteiger partial charge in [0.05, 0.1) is 11.6 Å². The van der Waals surface area contributed by atoms with Crippen molar-refractivity contribution in [3.05, 3.63) is 28.0 Å². The van der Waals surface area contributed by atoms with Crippen LogP contribution in [0.2, 0.25) is 0 Å². The summed E-state index contributed by atoms with van der Waals surface area (Å²) in [4.78, 5) is 0. The first-order valence-electron chi connectivity index (χ1n) is 4.32. The number of aliphatic hydroxyl groups is 1. The molecule has 0 aliphatic carbocycles. The molecule has 14 heavy (non-hydrogen) atoms. The van der Waals surface area contributed by atoms with Crippen molar-refractivity contribution < 1.29 is 14.2 Å². The molecule has 0 aromatic heterocycles. The monoisotopic (exact) mass is 262 g/mol. The Bertz CT molecular complexity index is 315. The van der Waals surface area contributed by atoms with Crippen LogP contribution in [-0.4, -0.2) is 18.8 Å². The topological polar surface area (TPSA) is 29.5 Å². The summed E-state index contributed by atoms with van der Waals surface area (Å²) in [6.45, 7) is 0.0725. The van der Waals surface area contributed by atoms with E-state index in [-0.39, 0.29) is 12.4 Å². The summed E-state index contributed by atoms with van der Waals surface area (Å²) in [5, 5.41) is 8.63. The molecule has 78 valence electrons. The normalized spacial score (nSPS) is 10.3. The van der Waals surface area contributed by atoms with Crippen LogP contribution in [0.4, 0.5) is 4.39 Å². The number of methoxy groups -OCH3 is 1. The Labute approximate surface area is 90.8 Å². The predicted molar refractivity (Wildman–Crippen MR) is 56.1 cm³/mol. The van der Waals surface area contributed by atoms with E-state index in [9.17, 15) is 4.39 Å². The van der Waals surface area contributed by atoms with Crippen molar-refractivity contribution in [3.8, 4) is 5.75 Å². The van der Waals surface area contributed by atoms with Crippen molar-refractivity contribution in [3.63, 3.8) is 0 Å². The van der Waals surface area contributed by atoms with Crippen LogP contribution >= 0.6 is 15.9 Å². The Hall–Kier alpha value is -0.610. The van der Waals surface area contributed by atoms with Crippen molar-refractivity contribution in [1.29, 1.82) is 0 Å². The highest BCUT2D eigenvalue weighted by Gasteiger charge is 2.10. The van der Waals surface area contributed by atoms with E-state index >= 15 is 0 Å². The van der Waals surface area contributed by atoms with Crippen LogP contribution < -0.4 is 4.74 Å². The Morgan fingerprint density at radius 1 is 1.50 bits per heavy atom. The molecule has 0 atom stereocenters. The zero-order valence-electron chi connectivity index (χ0n) is 7.89. The van der Waals surface area contributed by atoms with Gasteiger partial charge in [0.2, 0.25) is 0 Å².